The van der Waals surface area contributed by atoms with Gasteiger partial charge in [-0.1, -0.05) is 6.42 Å². The maximum absolute atomic E-state index is 13.4. The lowest BCUT2D eigenvalue weighted by Crippen LogP contribution is -2.56. The second-order valence-corrected chi connectivity index (χ2v) is 8.95. The normalized spacial score (nSPS) is 22.3. The van der Waals surface area contributed by atoms with Crippen molar-refractivity contribution in [3.63, 3.8) is 0 Å². The van der Waals surface area contributed by atoms with Crippen LogP contribution in [-0.4, -0.2) is 88.9 Å². The largest absolute Gasteiger partial charge is 0.480 e. The molecule has 0 bridgehead atoms. The van der Waals surface area contributed by atoms with Gasteiger partial charge in [0.05, 0.1) is 6.04 Å². The van der Waals surface area contributed by atoms with Crippen LogP contribution in [0.4, 0.5) is 0 Å². The highest BCUT2D eigenvalue weighted by atomic mass is 16.4. The molecule has 3 amide bonds. The van der Waals surface area contributed by atoms with Gasteiger partial charge in [-0.15, -0.1) is 0 Å². The van der Waals surface area contributed by atoms with E-state index in [1.165, 1.54) is 4.90 Å². The number of nitrogens with one attached hydrogen (secondary N) is 1. The fourth-order valence-corrected chi connectivity index (χ4v) is 4.64. The number of likely N-dealkylation sites (tertiary alicyclic amines) is 2. The third-order valence-electron chi connectivity index (χ3n) is 6.51. The molecule has 0 aromatic heterocycles. The number of carboxylic acids is 1. The van der Waals surface area contributed by atoms with Gasteiger partial charge in [-0.05, 0) is 70.9 Å². The monoisotopic (exact) mass is 468 g/mol. The van der Waals surface area contributed by atoms with E-state index in [1.54, 1.807) is 4.90 Å². The van der Waals surface area contributed by atoms with Crippen molar-refractivity contribution >= 4 is 23.7 Å². The predicted molar refractivity (Wildman–Crippen MR) is 123 cm³/mol. The topological polar surface area (TPSA) is 185 Å². The van der Waals surface area contributed by atoms with Crippen LogP contribution in [0.2, 0.25) is 0 Å². The zero-order valence-electron chi connectivity index (χ0n) is 19.4. The Morgan fingerprint density at radius 3 is 2.06 bits per heavy atom. The lowest BCUT2D eigenvalue weighted by Gasteiger charge is -2.32. The van der Waals surface area contributed by atoms with Crippen LogP contribution >= 0.6 is 0 Å². The molecular weight excluding hydrogens is 428 g/mol. The lowest BCUT2D eigenvalue weighted by atomic mass is 10.1. The van der Waals surface area contributed by atoms with Gasteiger partial charge in [0.1, 0.15) is 18.1 Å². The molecule has 33 heavy (non-hydrogen) atoms. The summed E-state index contributed by atoms with van der Waals surface area (Å²) in [5.41, 5.74) is 17.0. The number of carbonyl (C=O) groups excluding carboxylic acids is 3. The van der Waals surface area contributed by atoms with Crippen molar-refractivity contribution in [2.24, 2.45) is 17.2 Å². The molecule has 2 saturated heterocycles. The molecule has 11 heteroatoms. The van der Waals surface area contributed by atoms with Crippen molar-refractivity contribution in [2.75, 3.05) is 26.2 Å². The molecule has 2 aliphatic rings. The molecule has 4 atom stereocenters. The Morgan fingerprint density at radius 1 is 0.879 bits per heavy atom. The zero-order valence-corrected chi connectivity index (χ0v) is 19.4. The molecule has 2 aliphatic heterocycles. The van der Waals surface area contributed by atoms with Gasteiger partial charge in [0.25, 0.3) is 0 Å². The van der Waals surface area contributed by atoms with Crippen LogP contribution in [0.15, 0.2) is 0 Å². The van der Waals surface area contributed by atoms with Gasteiger partial charge in [-0.2, -0.15) is 0 Å². The Labute approximate surface area is 195 Å². The smallest absolute Gasteiger partial charge is 0.326 e. The number of carboxylic acid groups (broad SMARTS) is 1. The number of hydrogen-bond donors (Lipinski definition) is 5. The molecule has 0 aromatic rings. The van der Waals surface area contributed by atoms with Crippen LogP contribution in [0.25, 0.3) is 0 Å². The van der Waals surface area contributed by atoms with E-state index < -0.39 is 36.0 Å². The maximum Gasteiger partial charge on any atom is 0.326 e. The quantitative estimate of drug-likeness (QED) is 0.216. The molecule has 0 saturated carbocycles. The molecule has 2 heterocycles. The van der Waals surface area contributed by atoms with Crippen LogP contribution in [0.5, 0.6) is 0 Å². The summed E-state index contributed by atoms with van der Waals surface area (Å²) < 4.78 is 0. The van der Waals surface area contributed by atoms with E-state index in [4.69, 9.17) is 17.2 Å². The highest BCUT2D eigenvalue weighted by Crippen LogP contribution is 2.26. The van der Waals surface area contributed by atoms with Gasteiger partial charge < -0.3 is 37.4 Å². The molecule has 0 spiro atoms. The lowest BCUT2D eigenvalue weighted by molar-refractivity contribution is -0.148. The SMILES string of the molecule is NCCCCC(N)C(=O)N1CCCC1C(=O)N1CCCC1C(=O)NC(CCCCN)C(=O)O. The highest BCUT2D eigenvalue weighted by Gasteiger charge is 2.43. The van der Waals surface area contributed by atoms with E-state index in [1.807, 2.05) is 0 Å². The van der Waals surface area contributed by atoms with Crippen molar-refractivity contribution in [2.45, 2.75) is 88.4 Å². The predicted octanol–water partition coefficient (Wildman–Crippen LogP) is -0.877. The summed E-state index contributed by atoms with van der Waals surface area (Å²) in [6.07, 6.45) is 5.94. The number of nitrogens with zero attached hydrogens (tertiary/aromatic N) is 2. The second kappa shape index (κ2) is 13.5. The zero-order chi connectivity index (χ0) is 24.4. The minimum absolute atomic E-state index is 0.242. The number of unbranched alkanes of at least 4 members (excludes halogenated alkanes) is 2. The molecule has 2 rings (SSSR count). The molecule has 8 N–H and O–H groups in total. The number of amides is 3. The Bertz CT molecular complexity index is 690. The Kier molecular flexibility index (Phi) is 11.0. The third-order valence-corrected chi connectivity index (χ3v) is 6.51. The van der Waals surface area contributed by atoms with E-state index in [0.717, 1.165) is 12.8 Å². The average Bonchev–Trinajstić information content (AvgIpc) is 3.47. The van der Waals surface area contributed by atoms with E-state index in [2.05, 4.69) is 5.32 Å². The molecule has 0 aliphatic carbocycles. The van der Waals surface area contributed by atoms with Crippen molar-refractivity contribution in [1.82, 2.24) is 15.1 Å². The first-order valence-corrected chi connectivity index (χ1v) is 12.1. The molecule has 11 nitrogen and oxygen atoms in total. The fraction of sp³-hybridized carbons (Fsp3) is 0.818. The maximum atomic E-state index is 13.4. The first kappa shape index (κ1) is 27.0. The first-order chi connectivity index (χ1) is 15.8. The van der Waals surface area contributed by atoms with Crippen molar-refractivity contribution < 1.29 is 24.3 Å². The van der Waals surface area contributed by atoms with Crippen molar-refractivity contribution in [3.8, 4) is 0 Å². The van der Waals surface area contributed by atoms with Crippen molar-refractivity contribution in [3.05, 3.63) is 0 Å². The standard InChI is InChI=1S/C22H40N6O5/c23-11-3-1-7-15(25)20(30)28-14-6-10-18(28)21(31)27-13-5-9-17(27)19(29)26-16(22(32)33)8-2-4-12-24/h15-18H,1-14,23-25H2,(H,26,29)(H,32,33). The van der Waals surface area contributed by atoms with E-state index >= 15 is 0 Å². The van der Waals surface area contributed by atoms with Crippen LogP contribution in [0.1, 0.15) is 64.2 Å². The second-order valence-electron chi connectivity index (χ2n) is 8.95. The molecule has 4 unspecified atom stereocenters. The average molecular weight is 469 g/mol. The van der Waals surface area contributed by atoms with E-state index in [9.17, 15) is 24.3 Å². The highest BCUT2D eigenvalue weighted by molar-refractivity contribution is 5.94. The molecule has 0 radical (unpaired) electrons. The number of rotatable bonds is 13. The van der Waals surface area contributed by atoms with E-state index in [0.29, 0.717) is 71.1 Å². The summed E-state index contributed by atoms with van der Waals surface area (Å²) >= 11 is 0. The number of nitrogens with two attached hydrogens (primary N) is 3. The summed E-state index contributed by atoms with van der Waals surface area (Å²) in [6, 6.07) is -3.05. The minimum atomic E-state index is -1.10. The van der Waals surface area contributed by atoms with Crippen LogP contribution < -0.4 is 22.5 Å². The Balaban J connectivity index is 2.01. The van der Waals surface area contributed by atoms with E-state index in [-0.39, 0.29) is 18.2 Å². The van der Waals surface area contributed by atoms with Gasteiger partial charge in [0, 0.05) is 13.1 Å². The molecule has 2 fully saturated rings. The molecule has 0 aromatic carbocycles. The summed E-state index contributed by atoms with van der Waals surface area (Å²) in [5.74, 6) is -2.07. The van der Waals surface area contributed by atoms with Crippen molar-refractivity contribution in [1.29, 1.82) is 0 Å². The van der Waals surface area contributed by atoms with Gasteiger partial charge in [-0.3, -0.25) is 14.4 Å². The van der Waals surface area contributed by atoms with Gasteiger partial charge in [0.2, 0.25) is 17.7 Å². The third kappa shape index (κ3) is 7.38. The fourth-order valence-electron chi connectivity index (χ4n) is 4.64. The summed E-state index contributed by atoms with van der Waals surface area (Å²) in [4.78, 5) is 53.7. The van der Waals surface area contributed by atoms with Gasteiger partial charge >= 0.3 is 5.97 Å². The minimum Gasteiger partial charge on any atom is -0.480 e. The first-order valence-electron chi connectivity index (χ1n) is 12.1. The Hall–Kier alpha value is -2.24. The number of aliphatic carboxylic acids is 1. The van der Waals surface area contributed by atoms with Crippen LogP contribution in [-0.2, 0) is 19.2 Å². The Morgan fingerprint density at radius 2 is 1.45 bits per heavy atom. The van der Waals surface area contributed by atoms with Gasteiger partial charge in [-0.25, -0.2) is 4.79 Å². The van der Waals surface area contributed by atoms with Gasteiger partial charge in [0.15, 0.2) is 0 Å². The summed E-state index contributed by atoms with van der Waals surface area (Å²) in [7, 11) is 0. The van der Waals surface area contributed by atoms with Crippen LogP contribution in [0, 0.1) is 0 Å². The molecular formula is C22H40N6O5. The number of hydrogen-bond acceptors (Lipinski definition) is 7. The summed E-state index contributed by atoms with van der Waals surface area (Å²) in [6.45, 7) is 1.87. The van der Waals surface area contributed by atoms with Crippen LogP contribution in [0.3, 0.4) is 0 Å². The number of carbonyl (C=O) groups is 4. The summed E-state index contributed by atoms with van der Waals surface area (Å²) in [5, 5.41) is 12.0. The molecule has 188 valence electrons.